The molecule has 0 aromatic heterocycles. The summed E-state index contributed by atoms with van der Waals surface area (Å²) in [7, 11) is 0. The lowest BCUT2D eigenvalue weighted by molar-refractivity contribution is 0.232. The molecule has 0 spiro atoms. The Balaban J connectivity index is 2.86. The zero-order valence-electron chi connectivity index (χ0n) is 11.7. The molecular weight excluding hydrogens is 293 g/mol. The van der Waals surface area contributed by atoms with Crippen molar-refractivity contribution in [3.8, 4) is 0 Å². The number of nitrogens with one attached hydrogen (secondary N) is 1. The van der Waals surface area contributed by atoms with Gasteiger partial charge in [0.05, 0.1) is 4.47 Å². The highest BCUT2D eigenvalue weighted by Gasteiger charge is 2.27. The summed E-state index contributed by atoms with van der Waals surface area (Å²) < 4.78 is 13.8. The van der Waals surface area contributed by atoms with E-state index in [1.54, 1.807) is 0 Å². The molecule has 18 heavy (non-hydrogen) atoms. The van der Waals surface area contributed by atoms with E-state index in [-0.39, 0.29) is 11.2 Å². The lowest BCUT2D eigenvalue weighted by Gasteiger charge is -2.34. The molecule has 1 aromatic rings. The minimum atomic E-state index is -0.200. The molecule has 0 bridgehead atoms. The Hall–Kier alpha value is -0.410. The van der Waals surface area contributed by atoms with Gasteiger partial charge in [-0.1, -0.05) is 33.8 Å². The van der Waals surface area contributed by atoms with Crippen molar-refractivity contribution >= 4 is 15.9 Å². The van der Waals surface area contributed by atoms with Gasteiger partial charge < -0.3 is 5.32 Å². The molecule has 0 heterocycles. The van der Waals surface area contributed by atoms with Crippen molar-refractivity contribution in [3.63, 3.8) is 0 Å². The van der Waals surface area contributed by atoms with Crippen molar-refractivity contribution in [3.05, 3.63) is 34.1 Å². The molecule has 3 heteroatoms. The quantitative estimate of drug-likeness (QED) is 0.812. The summed E-state index contributed by atoms with van der Waals surface area (Å²) in [5.74, 6) is -0.200. The average Bonchev–Trinajstić information content (AvgIpc) is 2.33. The standard InChI is InChI=1S/C15H23BrFN/c1-5-15(3,4)14(18-6-2)10-11-7-8-13(17)12(16)9-11/h7-9,14,18H,5-6,10H2,1-4H3. The van der Waals surface area contributed by atoms with Crippen LogP contribution in [-0.2, 0) is 6.42 Å². The van der Waals surface area contributed by atoms with Gasteiger partial charge in [0.1, 0.15) is 5.82 Å². The van der Waals surface area contributed by atoms with Gasteiger partial charge in [-0.25, -0.2) is 4.39 Å². The molecule has 0 aliphatic rings. The van der Waals surface area contributed by atoms with E-state index in [0.717, 1.165) is 24.9 Å². The predicted octanol–water partition coefficient (Wildman–Crippen LogP) is 4.55. The van der Waals surface area contributed by atoms with E-state index in [0.29, 0.717) is 10.5 Å². The van der Waals surface area contributed by atoms with E-state index in [2.05, 4.69) is 48.9 Å². The van der Waals surface area contributed by atoms with E-state index in [4.69, 9.17) is 0 Å². The van der Waals surface area contributed by atoms with Gasteiger partial charge in [-0.2, -0.15) is 0 Å². The Morgan fingerprint density at radius 3 is 2.50 bits per heavy atom. The van der Waals surface area contributed by atoms with Gasteiger partial charge in [0.2, 0.25) is 0 Å². The fourth-order valence-corrected chi connectivity index (χ4v) is 2.45. The third-order valence-corrected chi connectivity index (χ3v) is 4.34. The molecule has 1 nitrogen and oxygen atoms in total. The molecule has 0 radical (unpaired) electrons. The number of rotatable bonds is 6. The van der Waals surface area contributed by atoms with Crippen molar-refractivity contribution < 1.29 is 4.39 Å². The van der Waals surface area contributed by atoms with Crippen molar-refractivity contribution in [1.29, 1.82) is 0 Å². The summed E-state index contributed by atoms with van der Waals surface area (Å²) >= 11 is 3.25. The average molecular weight is 316 g/mol. The fraction of sp³-hybridized carbons (Fsp3) is 0.600. The zero-order valence-corrected chi connectivity index (χ0v) is 13.3. The number of halogens is 2. The second-order valence-electron chi connectivity index (χ2n) is 5.40. The highest BCUT2D eigenvalue weighted by Crippen LogP contribution is 2.28. The molecule has 0 fully saturated rings. The first-order valence-corrected chi connectivity index (χ1v) is 7.37. The second kappa shape index (κ2) is 6.67. The number of hydrogen-bond donors (Lipinski definition) is 1. The molecule has 102 valence electrons. The van der Waals surface area contributed by atoms with Gasteiger partial charge >= 0.3 is 0 Å². The van der Waals surface area contributed by atoms with Crippen molar-refractivity contribution in [1.82, 2.24) is 5.32 Å². The van der Waals surface area contributed by atoms with Gasteiger partial charge in [0.25, 0.3) is 0 Å². The van der Waals surface area contributed by atoms with Gasteiger partial charge in [-0.05, 0) is 58.4 Å². The van der Waals surface area contributed by atoms with Crippen molar-refractivity contribution in [2.45, 2.75) is 46.6 Å². The van der Waals surface area contributed by atoms with Crippen LogP contribution in [0.5, 0.6) is 0 Å². The van der Waals surface area contributed by atoms with Crippen LogP contribution >= 0.6 is 15.9 Å². The predicted molar refractivity (Wildman–Crippen MR) is 79.3 cm³/mol. The van der Waals surface area contributed by atoms with Crippen LogP contribution in [0.15, 0.2) is 22.7 Å². The highest BCUT2D eigenvalue weighted by molar-refractivity contribution is 9.10. The Morgan fingerprint density at radius 2 is 2.00 bits per heavy atom. The first-order chi connectivity index (χ1) is 8.40. The van der Waals surface area contributed by atoms with Crippen LogP contribution in [0.25, 0.3) is 0 Å². The zero-order chi connectivity index (χ0) is 13.8. The molecule has 0 aliphatic heterocycles. The second-order valence-corrected chi connectivity index (χ2v) is 6.26. The molecule has 1 N–H and O–H groups in total. The molecular formula is C15H23BrFN. The summed E-state index contributed by atoms with van der Waals surface area (Å²) in [5, 5.41) is 3.55. The Labute approximate surface area is 118 Å². The lowest BCUT2D eigenvalue weighted by atomic mass is 9.79. The third kappa shape index (κ3) is 4.06. The van der Waals surface area contributed by atoms with Crippen LogP contribution in [-0.4, -0.2) is 12.6 Å². The van der Waals surface area contributed by atoms with Crippen molar-refractivity contribution in [2.24, 2.45) is 5.41 Å². The maximum atomic E-state index is 13.2. The minimum absolute atomic E-state index is 0.200. The van der Waals surface area contributed by atoms with Crippen LogP contribution in [0.1, 0.15) is 39.7 Å². The monoisotopic (exact) mass is 315 g/mol. The first-order valence-electron chi connectivity index (χ1n) is 6.58. The highest BCUT2D eigenvalue weighted by atomic mass is 79.9. The van der Waals surface area contributed by atoms with E-state index in [1.165, 1.54) is 6.07 Å². The largest absolute Gasteiger partial charge is 0.313 e. The molecule has 1 rings (SSSR count). The van der Waals surface area contributed by atoms with Crippen molar-refractivity contribution in [2.75, 3.05) is 6.54 Å². The Bertz CT molecular complexity index is 390. The van der Waals surface area contributed by atoms with Crippen LogP contribution < -0.4 is 5.32 Å². The Morgan fingerprint density at radius 1 is 1.33 bits per heavy atom. The number of likely N-dealkylation sites (N-methyl/N-ethyl adjacent to an activating group) is 1. The van der Waals surface area contributed by atoms with E-state index < -0.39 is 0 Å². The van der Waals surface area contributed by atoms with Crippen LogP contribution in [0, 0.1) is 11.2 Å². The third-order valence-electron chi connectivity index (χ3n) is 3.73. The summed E-state index contributed by atoms with van der Waals surface area (Å²) in [5.41, 5.74) is 1.40. The fourth-order valence-electron chi connectivity index (χ4n) is 2.02. The molecule has 1 unspecified atom stereocenters. The van der Waals surface area contributed by atoms with E-state index >= 15 is 0 Å². The summed E-state index contributed by atoms with van der Waals surface area (Å²) in [6, 6.07) is 5.69. The Kier molecular flexibility index (Phi) is 5.80. The van der Waals surface area contributed by atoms with Gasteiger partial charge in [-0.15, -0.1) is 0 Å². The van der Waals surface area contributed by atoms with Crippen LogP contribution in [0.4, 0.5) is 4.39 Å². The minimum Gasteiger partial charge on any atom is -0.313 e. The summed E-state index contributed by atoms with van der Waals surface area (Å²) in [4.78, 5) is 0. The molecule has 0 saturated heterocycles. The van der Waals surface area contributed by atoms with Crippen LogP contribution in [0.3, 0.4) is 0 Å². The van der Waals surface area contributed by atoms with E-state index in [9.17, 15) is 4.39 Å². The van der Waals surface area contributed by atoms with E-state index in [1.807, 2.05) is 12.1 Å². The SMILES string of the molecule is CCNC(Cc1ccc(F)c(Br)c1)C(C)(C)CC. The van der Waals surface area contributed by atoms with Gasteiger partial charge in [0, 0.05) is 6.04 Å². The van der Waals surface area contributed by atoms with Gasteiger partial charge in [0.15, 0.2) is 0 Å². The van der Waals surface area contributed by atoms with Gasteiger partial charge in [-0.3, -0.25) is 0 Å². The number of benzene rings is 1. The summed E-state index contributed by atoms with van der Waals surface area (Å²) in [6.45, 7) is 9.85. The van der Waals surface area contributed by atoms with Crippen LogP contribution in [0.2, 0.25) is 0 Å². The maximum Gasteiger partial charge on any atom is 0.137 e. The topological polar surface area (TPSA) is 12.0 Å². The lowest BCUT2D eigenvalue weighted by Crippen LogP contribution is -2.43. The molecule has 1 aromatic carbocycles. The summed E-state index contributed by atoms with van der Waals surface area (Å²) in [6.07, 6.45) is 2.04. The molecule has 0 amide bonds. The smallest absolute Gasteiger partial charge is 0.137 e. The molecule has 1 atom stereocenters. The maximum absolute atomic E-state index is 13.2. The first kappa shape index (κ1) is 15.6. The normalized spacial score (nSPS) is 13.7. The molecule has 0 saturated carbocycles. The number of hydrogen-bond acceptors (Lipinski definition) is 1. The molecule has 0 aliphatic carbocycles.